The highest BCUT2D eigenvalue weighted by Gasteiger charge is 2.36. The number of nitrogens with one attached hydrogen (secondary N) is 1. The van der Waals surface area contributed by atoms with Crippen molar-refractivity contribution in [1.29, 1.82) is 0 Å². The lowest BCUT2D eigenvalue weighted by Crippen LogP contribution is -2.29. The molecule has 0 fully saturated rings. The molecule has 0 saturated carbocycles. The zero-order chi connectivity index (χ0) is 21.4. The number of fused-ring (bicyclic) bond motifs is 1. The van der Waals surface area contributed by atoms with Gasteiger partial charge in [-0.15, -0.1) is 0 Å². The number of benzene rings is 3. The highest BCUT2D eigenvalue weighted by molar-refractivity contribution is 6.22. The van der Waals surface area contributed by atoms with Crippen molar-refractivity contribution >= 4 is 23.4 Å². The van der Waals surface area contributed by atoms with Gasteiger partial charge < -0.3 is 5.32 Å². The Bertz CT molecular complexity index is 1200. The molecular formula is C22H13F3N2O3. The molecule has 0 radical (unpaired) electrons. The molecule has 3 aromatic rings. The molecule has 3 aromatic carbocycles. The molecule has 0 saturated heterocycles. The van der Waals surface area contributed by atoms with Crippen LogP contribution < -0.4 is 5.32 Å². The third-order valence-electron chi connectivity index (χ3n) is 4.70. The predicted molar refractivity (Wildman–Crippen MR) is 101 cm³/mol. The summed E-state index contributed by atoms with van der Waals surface area (Å²) in [6.45, 7) is 0.0782. The second-order valence-electron chi connectivity index (χ2n) is 6.62. The van der Waals surface area contributed by atoms with Crippen LogP contribution in [0.3, 0.4) is 0 Å². The topological polar surface area (TPSA) is 66.5 Å². The monoisotopic (exact) mass is 410 g/mol. The summed E-state index contributed by atoms with van der Waals surface area (Å²) in [6.07, 6.45) is 0. The van der Waals surface area contributed by atoms with Crippen molar-refractivity contribution in [2.75, 3.05) is 5.32 Å². The number of hydrogen-bond acceptors (Lipinski definition) is 3. The average Bonchev–Trinajstić information content (AvgIpc) is 2.99. The number of imide groups is 1. The standard InChI is InChI=1S/C22H13F3N2O3/c23-16-8-9-17(19(25)18(16)24)26-20(28)13-6-7-14-15(10-13)22(30)27(21(14)29)11-12-4-2-1-3-5-12/h1-10H,11H2,(H,26,28). The molecule has 3 amide bonds. The highest BCUT2D eigenvalue weighted by atomic mass is 19.2. The lowest BCUT2D eigenvalue weighted by molar-refractivity contribution is 0.0642. The van der Waals surface area contributed by atoms with E-state index in [1.807, 2.05) is 6.07 Å². The average molecular weight is 410 g/mol. The summed E-state index contributed by atoms with van der Waals surface area (Å²) in [4.78, 5) is 38.8. The molecule has 1 heterocycles. The summed E-state index contributed by atoms with van der Waals surface area (Å²) < 4.78 is 40.2. The van der Waals surface area contributed by atoms with Crippen LogP contribution in [0.25, 0.3) is 0 Å². The number of halogens is 3. The van der Waals surface area contributed by atoms with Gasteiger partial charge in [-0.3, -0.25) is 19.3 Å². The molecular weight excluding hydrogens is 397 g/mol. The quantitative estimate of drug-likeness (QED) is 0.519. The van der Waals surface area contributed by atoms with E-state index in [-0.39, 0.29) is 23.2 Å². The normalized spacial score (nSPS) is 12.8. The lowest BCUT2D eigenvalue weighted by atomic mass is 10.1. The summed E-state index contributed by atoms with van der Waals surface area (Å²) in [5.41, 5.74) is 0.354. The first-order valence-electron chi connectivity index (χ1n) is 8.86. The van der Waals surface area contributed by atoms with Crippen LogP contribution in [0.4, 0.5) is 18.9 Å². The van der Waals surface area contributed by atoms with Crippen LogP contribution in [-0.2, 0) is 6.54 Å². The van der Waals surface area contributed by atoms with Crippen molar-refractivity contribution < 1.29 is 27.6 Å². The molecule has 0 aliphatic carbocycles. The van der Waals surface area contributed by atoms with E-state index in [2.05, 4.69) is 5.32 Å². The number of carbonyl (C=O) groups excluding carboxylic acids is 3. The molecule has 1 N–H and O–H groups in total. The summed E-state index contributed by atoms with van der Waals surface area (Å²) in [5, 5.41) is 2.13. The van der Waals surface area contributed by atoms with Crippen LogP contribution >= 0.6 is 0 Å². The fourth-order valence-corrected chi connectivity index (χ4v) is 3.16. The molecule has 0 aromatic heterocycles. The first-order chi connectivity index (χ1) is 14.4. The van der Waals surface area contributed by atoms with Crippen molar-refractivity contribution in [2.45, 2.75) is 6.54 Å². The molecule has 1 aliphatic rings. The van der Waals surface area contributed by atoms with E-state index in [1.54, 1.807) is 24.3 Å². The van der Waals surface area contributed by atoms with Crippen molar-refractivity contribution in [2.24, 2.45) is 0 Å². The Hall–Kier alpha value is -3.94. The Morgan fingerprint density at radius 1 is 0.833 bits per heavy atom. The van der Waals surface area contributed by atoms with Gasteiger partial charge in [-0.1, -0.05) is 30.3 Å². The van der Waals surface area contributed by atoms with Gasteiger partial charge in [0.15, 0.2) is 17.5 Å². The van der Waals surface area contributed by atoms with E-state index in [0.717, 1.165) is 16.5 Å². The van der Waals surface area contributed by atoms with E-state index in [4.69, 9.17) is 0 Å². The number of rotatable bonds is 4. The lowest BCUT2D eigenvalue weighted by Gasteiger charge is -2.13. The van der Waals surface area contributed by atoms with E-state index in [1.165, 1.54) is 18.2 Å². The van der Waals surface area contributed by atoms with Gasteiger partial charge in [-0.25, -0.2) is 13.2 Å². The maximum Gasteiger partial charge on any atom is 0.261 e. The van der Waals surface area contributed by atoms with Gasteiger partial charge in [0, 0.05) is 5.56 Å². The van der Waals surface area contributed by atoms with Crippen LogP contribution in [0.2, 0.25) is 0 Å². The smallest absolute Gasteiger partial charge is 0.261 e. The van der Waals surface area contributed by atoms with Gasteiger partial charge >= 0.3 is 0 Å². The summed E-state index contributed by atoms with van der Waals surface area (Å²) in [7, 11) is 0. The molecule has 5 nitrogen and oxygen atoms in total. The Morgan fingerprint density at radius 3 is 2.27 bits per heavy atom. The Morgan fingerprint density at radius 2 is 1.53 bits per heavy atom. The minimum atomic E-state index is -1.71. The summed E-state index contributed by atoms with van der Waals surface area (Å²) >= 11 is 0. The number of hydrogen-bond donors (Lipinski definition) is 1. The van der Waals surface area contributed by atoms with Crippen LogP contribution in [0, 0.1) is 17.5 Å². The number of anilines is 1. The van der Waals surface area contributed by atoms with E-state index >= 15 is 0 Å². The number of nitrogens with zero attached hydrogens (tertiary/aromatic N) is 1. The van der Waals surface area contributed by atoms with Gasteiger partial charge in [0.1, 0.15) is 0 Å². The Balaban J connectivity index is 1.58. The predicted octanol–water partition coefficient (Wildman–Crippen LogP) is 4.15. The van der Waals surface area contributed by atoms with Crippen molar-refractivity contribution in [1.82, 2.24) is 4.90 Å². The van der Waals surface area contributed by atoms with Crippen LogP contribution in [0.1, 0.15) is 36.6 Å². The minimum Gasteiger partial charge on any atom is -0.319 e. The minimum absolute atomic E-state index is 0.0364. The van der Waals surface area contributed by atoms with E-state index < -0.39 is 40.9 Å². The molecule has 1 aliphatic heterocycles. The van der Waals surface area contributed by atoms with E-state index in [9.17, 15) is 27.6 Å². The third kappa shape index (κ3) is 3.32. The van der Waals surface area contributed by atoms with Gasteiger partial charge in [-0.05, 0) is 35.9 Å². The molecule has 0 spiro atoms. The Kier molecular flexibility index (Phi) is 4.83. The fourth-order valence-electron chi connectivity index (χ4n) is 3.16. The van der Waals surface area contributed by atoms with Gasteiger partial charge in [0.25, 0.3) is 17.7 Å². The van der Waals surface area contributed by atoms with Gasteiger partial charge in [0.2, 0.25) is 0 Å². The molecule has 0 bridgehead atoms. The first-order valence-corrected chi connectivity index (χ1v) is 8.86. The second kappa shape index (κ2) is 7.47. The second-order valence-corrected chi connectivity index (χ2v) is 6.62. The molecule has 4 rings (SSSR count). The molecule has 150 valence electrons. The van der Waals surface area contributed by atoms with Gasteiger partial charge in [-0.2, -0.15) is 0 Å². The van der Waals surface area contributed by atoms with Crippen molar-refractivity contribution in [3.63, 3.8) is 0 Å². The van der Waals surface area contributed by atoms with Crippen LogP contribution in [-0.4, -0.2) is 22.6 Å². The fraction of sp³-hybridized carbons (Fsp3) is 0.0455. The van der Waals surface area contributed by atoms with Crippen molar-refractivity contribution in [3.8, 4) is 0 Å². The SMILES string of the molecule is O=C(Nc1ccc(F)c(F)c1F)c1ccc2c(c1)C(=O)N(Cc1ccccc1)C2=O. The maximum absolute atomic E-state index is 13.8. The molecule has 0 atom stereocenters. The van der Waals surface area contributed by atoms with Crippen LogP contribution in [0.15, 0.2) is 60.7 Å². The molecule has 30 heavy (non-hydrogen) atoms. The summed E-state index contributed by atoms with van der Waals surface area (Å²) in [5.74, 6) is -6.52. The zero-order valence-electron chi connectivity index (χ0n) is 15.3. The summed E-state index contributed by atoms with van der Waals surface area (Å²) in [6, 6.07) is 14.3. The Labute approximate surface area is 168 Å². The molecule has 0 unspecified atom stereocenters. The number of carbonyl (C=O) groups is 3. The number of amides is 3. The molecule has 8 heteroatoms. The van der Waals surface area contributed by atoms with Crippen molar-refractivity contribution in [3.05, 3.63) is 100 Å². The van der Waals surface area contributed by atoms with Crippen LogP contribution in [0.5, 0.6) is 0 Å². The third-order valence-corrected chi connectivity index (χ3v) is 4.70. The largest absolute Gasteiger partial charge is 0.319 e. The highest BCUT2D eigenvalue weighted by Crippen LogP contribution is 2.26. The van der Waals surface area contributed by atoms with E-state index in [0.29, 0.717) is 6.07 Å². The maximum atomic E-state index is 13.8. The first kappa shape index (κ1) is 19.4. The zero-order valence-corrected chi connectivity index (χ0v) is 15.3. The van der Waals surface area contributed by atoms with Gasteiger partial charge in [0.05, 0.1) is 23.4 Å².